The van der Waals surface area contributed by atoms with E-state index in [-0.39, 0.29) is 25.3 Å². The number of rotatable bonds is 24. The van der Waals surface area contributed by atoms with E-state index in [9.17, 15) is 33.9 Å². The zero-order chi connectivity index (χ0) is 36.9. The molecule has 1 rings (SSSR count). The summed E-state index contributed by atoms with van der Waals surface area (Å²) in [5, 5.41) is 28.9. The number of carboxylic acid groups (broad SMARTS) is 1. The molecule has 1 aromatic rings. The van der Waals surface area contributed by atoms with Gasteiger partial charge in [0, 0.05) is 12.3 Å². The first-order valence-corrected chi connectivity index (χ1v) is 18.2. The van der Waals surface area contributed by atoms with Gasteiger partial charge in [-0.1, -0.05) is 58.8 Å². The van der Waals surface area contributed by atoms with Crippen LogP contribution in [0.25, 0.3) is 0 Å². The third kappa shape index (κ3) is 16.7. The molecular weight excluding hydrogens is 677 g/mol. The predicted octanol–water partition coefficient (Wildman–Crippen LogP) is -1.23. The van der Waals surface area contributed by atoms with E-state index in [1.807, 2.05) is 37.3 Å². The normalized spacial score (nSPS) is 14.5. The Kier molecular flexibility index (Phi) is 20.4. The lowest BCUT2D eigenvalue weighted by Gasteiger charge is -2.27. The van der Waals surface area contributed by atoms with Crippen molar-refractivity contribution in [2.24, 2.45) is 22.9 Å². The van der Waals surface area contributed by atoms with Crippen molar-refractivity contribution in [2.75, 3.05) is 18.8 Å². The Morgan fingerprint density at radius 3 is 2.00 bits per heavy atom. The average molecular weight is 727 g/mol. The van der Waals surface area contributed by atoms with Crippen LogP contribution < -0.4 is 49.5 Å². The first kappa shape index (κ1) is 43.0. The van der Waals surface area contributed by atoms with E-state index in [0.717, 1.165) is 11.3 Å². The van der Waals surface area contributed by atoms with Gasteiger partial charge in [-0.05, 0) is 51.1 Å². The number of guanidine groups is 1. The van der Waals surface area contributed by atoms with Gasteiger partial charge >= 0.3 is 5.97 Å². The van der Waals surface area contributed by atoms with Crippen molar-refractivity contribution in [3.05, 3.63) is 35.9 Å². The molecule has 0 spiro atoms. The first-order chi connectivity index (χ1) is 23.2. The molecule has 0 radical (unpaired) electrons. The molecule has 0 fully saturated rings. The van der Waals surface area contributed by atoms with E-state index in [0.29, 0.717) is 25.8 Å². The number of unbranched alkanes of at least 4 members (excludes halogenated alkanes) is 1. The SMILES string of the molecule is CCSS[C@H](c1ccccc1)[C@H](N)C(=O)N[C@H](CCCNC(=N)N)C(=O)N[C@@H](C)C(=O)N[C@H](CC(N)=O)C(=O)N[C@@H](CCCCN)C(=O)O. The summed E-state index contributed by atoms with van der Waals surface area (Å²) in [6, 6.07) is 2.93. The third-order valence-electron chi connectivity index (χ3n) is 7.02. The molecule has 0 aliphatic heterocycles. The summed E-state index contributed by atoms with van der Waals surface area (Å²) in [5.74, 6) is -4.90. The smallest absolute Gasteiger partial charge is 0.326 e. The van der Waals surface area contributed by atoms with Gasteiger partial charge in [0.25, 0.3) is 0 Å². The second-order valence-corrected chi connectivity index (χ2v) is 13.8. The summed E-state index contributed by atoms with van der Waals surface area (Å²) in [5.41, 5.74) is 23.3. The highest BCUT2D eigenvalue weighted by molar-refractivity contribution is 8.76. The van der Waals surface area contributed by atoms with Crippen LogP contribution in [0.3, 0.4) is 0 Å². The largest absolute Gasteiger partial charge is 0.480 e. The lowest BCUT2D eigenvalue weighted by Crippen LogP contribution is -2.58. The van der Waals surface area contributed by atoms with Gasteiger partial charge in [-0.15, -0.1) is 0 Å². The Morgan fingerprint density at radius 2 is 1.43 bits per heavy atom. The quantitative estimate of drug-likeness (QED) is 0.0258. The number of nitrogens with two attached hydrogens (primary N) is 4. The summed E-state index contributed by atoms with van der Waals surface area (Å²) >= 11 is 0. The van der Waals surface area contributed by atoms with Gasteiger partial charge < -0.3 is 54.6 Å². The molecule has 274 valence electrons. The van der Waals surface area contributed by atoms with Crippen LogP contribution in [0, 0.1) is 5.41 Å². The summed E-state index contributed by atoms with van der Waals surface area (Å²) in [6.07, 6.45) is 0.767. The molecule has 0 saturated carbocycles. The second-order valence-electron chi connectivity index (χ2n) is 11.0. The summed E-state index contributed by atoms with van der Waals surface area (Å²) in [7, 11) is 2.97. The Labute approximate surface area is 293 Å². The van der Waals surface area contributed by atoms with E-state index in [1.165, 1.54) is 28.5 Å². The van der Waals surface area contributed by atoms with Crippen molar-refractivity contribution >= 4 is 63.1 Å². The lowest BCUT2D eigenvalue weighted by atomic mass is 10.0. The standard InChI is InChI=1S/C30H50N10O7S2/c1-3-48-49-24(18-10-5-4-6-11-18)23(33)28(45)38-19(13-9-15-36-30(34)35)26(43)37-17(2)25(42)40-21(16-22(32)41)27(44)39-20(29(46)47)12-7-8-14-31/h4-6,10-11,17,19-21,23-24H,3,7-9,12-16,31,33H2,1-2H3,(H2,32,41)(H,37,43)(H,38,45)(H,39,44)(H,40,42)(H,46,47)(H4,34,35,36)/t17-,19+,20-,21+,23-,24+/m0/s1. The van der Waals surface area contributed by atoms with Gasteiger partial charge in [-0.2, -0.15) is 0 Å². The highest BCUT2D eigenvalue weighted by atomic mass is 33.1. The summed E-state index contributed by atoms with van der Waals surface area (Å²) in [4.78, 5) is 76.2. The maximum Gasteiger partial charge on any atom is 0.326 e. The van der Waals surface area contributed by atoms with Crippen LogP contribution in [-0.4, -0.2) is 95.6 Å². The number of carbonyl (C=O) groups is 6. The van der Waals surface area contributed by atoms with Crippen LogP contribution in [0.2, 0.25) is 0 Å². The molecular formula is C30H50N10O7S2. The number of hydrogen-bond acceptors (Lipinski definition) is 11. The Morgan fingerprint density at radius 1 is 0.837 bits per heavy atom. The number of hydrogen-bond donors (Lipinski definition) is 11. The number of primary amides is 1. The van der Waals surface area contributed by atoms with Crippen molar-refractivity contribution in [2.45, 2.75) is 87.8 Å². The Hall–Kier alpha value is -4.07. The maximum absolute atomic E-state index is 13.4. The molecule has 0 unspecified atom stereocenters. The molecule has 15 N–H and O–H groups in total. The van der Waals surface area contributed by atoms with E-state index >= 15 is 0 Å². The molecule has 0 heterocycles. The third-order valence-corrected chi connectivity index (χ3v) is 9.90. The second kappa shape index (κ2) is 23.3. The van der Waals surface area contributed by atoms with Crippen molar-refractivity contribution in [1.82, 2.24) is 26.6 Å². The molecule has 0 bridgehead atoms. The monoisotopic (exact) mass is 726 g/mol. The minimum absolute atomic E-state index is 0.0723. The average Bonchev–Trinajstić information content (AvgIpc) is 3.05. The number of carboxylic acids is 1. The summed E-state index contributed by atoms with van der Waals surface area (Å²) in [6.45, 7) is 3.85. The van der Waals surface area contributed by atoms with Crippen molar-refractivity contribution in [3.8, 4) is 0 Å². The molecule has 1 aromatic carbocycles. The van der Waals surface area contributed by atoms with E-state index in [4.69, 9.17) is 28.3 Å². The number of nitrogens with one attached hydrogen (secondary N) is 6. The Balaban J connectivity index is 3.08. The van der Waals surface area contributed by atoms with Gasteiger partial charge in [-0.25, -0.2) is 4.79 Å². The van der Waals surface area contributed by atoms with Crippen LogP contribution >= 0.6 is 21.6 Å². The van der Waals surface area contributed by atoms with Crippen LogP contribution in [-0.2, 0) is 28.8 Å². The topological polar surface area (TPSA) is 311 Å². The fourth-order valence-corrected chi connectivity index (χ4v) is 6.75. The molecule has 49 heavy (non-hydrogen) atoms. The number of aliphatic carboxylic acids is 1. The number of amides is 5. The van der Waals surface area contributed by atoms with Gasteiger partial charge in [0.1, 0.15) is 30.2 Å². The first-order valence-electron chi connectivity index (χ1n) is 15.8. The maximum atomic E-state index is 13.4. The van der Waals surface area contributed by atoms with E-state index in [1.54, 1.807) is 0 Å². The van der Waals surface area contributed by atoms with Crippen LogP contribution in [0.5, 0.6) is 0 Å². The fourth-order valence-electron chi connectivity index (χ4n) is 4.42. The molecule has 19 heteroatoms. The highest BCUT2D eigenvalue weighted by Crippen LogP contribution is 2.39. The van der Waals surface area contributed by atoms with Crippen LogP contribution in [0.4, 0.5) is 0 Å². The predicted molar refractivity (Wildman–Crippen MR) is 190 cm³/mol. The zero-order valence-electron chi connectivity index (χ0n) is 27.7. The van der Waals surface area contributed by atoms with Crippen molar-refractivity contribution in [1.29, 1.82) is 5.41 Å². The Bertz CT molecular complexity index is 1260. The molecule has 17 nitrogen and oxygen atoms in total. The fraction of sp³-hybridized carbons (Fsp3) is 0.567. The zero-order valence-corrected chi connectivity index (χ0v) is 29.4. The van der Waals surface area contributed by atoms with Crippen molar-refractivity contribution in [3.63, 3.8) is 0 Å². The molecule has 0 aliphatic carbocycles. The van der Waals surface area contributed by atoms with Crippen LogP contribution in [0.15, 0.2) is 30.3 Å². The van der Waals surface area contributed by atoms with Gasteiger partial charge in [0.2, 0.25) is 29.5 Å². The van der Waals surface area contributed by atoms with Crippen molar-refractivity contribution < 1.29 is 33.9 Å². The van der Waals surface area contributed by atoms with Crippen LogP contribution in [0.1, 0.15) is 63.2 Å². The molecule has 0 aromatic heterocycles. The molecule has 0 aliphatic rings. The number of benzene rings is 1. The van der Waals surface area contributed by atoms with E-state index in [2.05, 4.69) is 26.6 Å². The minimum atomic E-state index is -1.53. The number of carbonyl (C=O) groups excluding carboxylic acids is 5. The molecule has 0 saturated heterocycles. The molecule has 6 atom stereocenters. The van der Waals surface area contributed by atoms with Gasteiger partial charge in [0.05, 0.1) is 11.7 Å². The highest BCUT2D eigenvalue weighted by Gasteiger charge is 2.33. The molecule has 5 amide bonds. The minimum Gasteiger partial charge on any atom is -0.480 e. The van der Waals surface area contributed by atoms with Gasteiger partial charge in [0.15, 0.2) is 5.96 Å². The summed E-state index contributed by atoms with van der Waals surface area (Å²) < 4.78 is 0. The van der Waals surface area contributed by atoms with E-state index < -0.39 is 77.4 Å². The lowest BCUT2D eigenvalue weighted by molar-refractivity contribution is -0.142. The van der Waals surface area contributed by atoms with Gasteiger partial charge in [-0.3, -0.25) is 29.4 Å².